The first-order valence-corrected chi connectivity index (χ1v) is 12.2. The van der Waals surface area contributed by atoms with Crippen molar-refractivity contribution in [3.05, 3.63) is 84.0 Å². The molecule has 0 heterocycles. The zero-order valence-electron chi connectivity index (χ0n) is 19.6. The van der Waals surface area contributed by atoms with Gasteiger partial charge in [-0.05, 0) is 98.9 Å². The van der Waals surface area contributed by atoms with E-state index in [4.69, 9.17) is 9.47 Å². The maximum absolute atomic E-state index is 15.0. The van der Waals surface area contributed by atoms with Crippen LogP contribution in [-0.4, -0.2) is 12.6 Å². The summed E-state index contributed by atoms with van der Waals surface area (Å²) in [5.74, 6) is 0.528. The quantitative estimate of drug-likeness (QED) is 0.239. The van der Waals surface area contributed by atoms with E-state index in [9.17, 15) is 9.18 Å². The van der Waals surface area contributed by atoms with Gasteiger partial charge in [0.15, 0.2) is 11.6 Å². The molecule has 0 amide bonds. The van der Waals surface area contributed by atoms with Crippen molar-refractivity contribution >= 4 is 5.97 Å². The third kappa shape index (κ3) is 5.57. The van der Waals surface area contributed by atoms with Crippen LogP contribution in [0.25, 0.3) is 0 Å². The van der Waals surface area contributed by atoms with Crippen molar-refractivity contribution in [3.8, 4) is 11.5 Å². The van der Waals surface area contributed by atoms with Crippen LogP contribution in [0.5, 0.6) is 11.5 Å². The van der Waals surface area contributed by atoms with Crippen molar-refractivity contribution in [2.45, 2.75) is 51.4 Å². The second-order valence-corrected chi connectivity index (χ2v) is 9.44. The fourth-order valence-corrected chi connectivity index (χ4v) is 5.47. The predicted molar refractivity (Wildman–Crippen MR) is 129 cm³/mol. The van der Waals surface area contributed by atoms with Gasteiger partial charge in [-0.25, -0.2) is 13.6 Å². The van der Waals surface area contributed by atoms with E-state index in [1.807, 2.05) is 6.92 Å². The second kappa shape index (κ2) is 11.0. The van der Waals surface area contributed by atoms with Crippen LogP contribution in [0.2, 0.25) is 0 Å². The molecule has 180 valence electrons. The number of fused-ring (bicyclic) bond motifs is 1. The minimum absolute atomic E-state index is 0.0406. The standard InChI is InChI=1S/C29H32F2O3/c1-3-5-14-33-28-13-11-24(18-27(28)31)34-29(32)23-10-12-25(26(30)17-23)22-9-8-20-15-19(4-2)6-7-21(20)16-22/h3-5,10-13,17-22H,2,6-9,14-16H2,1H3/b5-3+. The third-order valence-corrected chi connectivity index (χ3v) is 7.35. The van der Waals surface area contributed by atoms with E-state index in [2.05, 4.69) is 12.7 Å². The molecule has 2 fully saturated rings. The highest BCUT2D eigenvalue weighted by atomic mass is 19.1. The fraction of sp³-hybridized carbons (Fsp3) is 0.414. The Morgan fingerprint density at radius 2 is 1.82 bits per heavy atom. The molecule has 3 nitrogen and oxygen atoms in total. The van der Waals surface area contributed by atoms with Crippen LogP contribution in [0, 0.1) is 29.4 Å². The Bertz CT molecular complexity index is 1060. The monoisotopic (exact) mass is 466 g/mol. The molecule has 2 aliphatic rings. The van der Waals surface area contributed by atoms with E-state index >= 15 is 4.39 Å². The van der Waals surface area contributed by atoms with Gasteiger partial charge in [0.05, 0.1) is 5.56 Å². The molecule has 2 aromatic rings. The van der Waals surface area contributed by atoms with Gasteiger partial charge in [0.25, 0.3) is 0 Å². The number of rotatable bonds is 7. The average molecular weight is 467 g/mol. The summed E-state index contributed by atoms with van der Waals surface area (Å²) in [5.41, 5.74) is 0.782. The van der Waals surface area contributed by atoms with E-state index in [0.29, 0.717) is 23.3 Å². The van der Waals surface area contributed by atoms with E-state index in [1.54, 1.807) is 24.3 Å². The molecule has 0 bridgehead atoms. The van der Waals surface area contributed by atoms with Crippen molar-refractivity contribution < 1.29 is 23.0 Å². The Hall–Kier alpha value is -2.95. The van der Waals surface area contributed by atoms with Crippen molar-refractivity contribution in [1.82, 2.24) is 0 Å². The summed E-state index contributed by atoms with van der Waals surface area (Å²) in [5, 5.41) is 0. The summed E-state index contributed by atoms with van der Waals surface area (Å²) in [7, 11) is 0. The largest absolute Gasteiger partial charge is 0.486 e. The molecule has 2 aromatic carbocycles. The van der Waals surface area contributed by atoms with Crippen LogP contribution < -0.4 is 9.47 Å². The van der Waals surface area contributed by atoms with Crippen molar-refractivity contribution in [1.29, 1.82) is 0 Å². The number of benzene rings is 2. The minimum Gasteiger partial charge on any atom is -0.486 e. The molecule has 5 heteroatoms. The van der Waals surface area contributed by atoms with E-state index < -0.39 is 11.8 Å². The maximum atomic E-state index is 15.0. The highest BCUT2D eigenvalue weighted by molar-refractivity contribution is 5.91. The molecule has 4 rings (SSSR count). The lowest BCUT2D eigenvalue weighted by Crippen LogP contribution is -2.30. The molecule has 0 aromatic heterocycles. The number of hydrogen-bond donors (Lipinski definition) is 0. The molecular formula is C29H32F2O3. The molecule has 0 saturated heterocycles. The van der Waals surface area contributed by atoms with E-state index in [0.717, 1.165) is 25.3 Å². The lowest BCUT2D eigenvalue weighted by Gasteiger charge is -2.41. The minimum atomic E-state index is -0.723. The normalized spacial score (nSPS) is 24.4. The lowest BCUT2D eigenvalue weighted by molar-refractivity contribution is 0.0733. The first-order chi connectivity index (χ1) is 16.5. The molecule has 0 N–H and O–H groups in total. The summed E-state index contributed by atoms with van der Waals surface area (Å²) < 4.78 is 39.8. The molecule has 0 spiro atoms. The molecular weight excluding hydrogens is 434 g/mol. The van der Waals surface area contributed by atoms with Gasteiger partial charge in [0.2, 0.25) is 0 Å². The second-order valence-electron chi connectivity index (χ2n) is 9.44. The Labute approximate surface area is 200 Å². The fourth-order valence-electron chi connectivity index (χ4n) is 5.47. The Kier molecular flexibility index (Phi) is 7.81. The zero-order chi connectivity index (χ0) is 24.1. The van der Waals surface area contributed by atoms with Crippen LogP contribution in [0.15, 0.2) is 61.2 Å². The van der Waals surface area contributed by atoms with Crippen molar-refractivity contribution in [3.63, 3.8) is 0 Å². The summed E-state index contributed by atoms with van der Waals surface area (Å²) >= 11 is 0. The number of esters is 1. The topological polar surface area (TPSA) is 35.5 Å². The number of hydrogen-bond acceptors (Lipinski definition) is 3. The van der Waals surface area contributed by atoms with Crippen LogP contribution in [0.1, 0.15) is 67.3 Å². The van der Waals surface area contributed by atoms with Gasteiger partial charge in [-0.1, -0.05) is 24.3 Å². The van der Waals surface area contributed by atoms with Crippen LogP contribution in [0.4, 0.5) is 8.78 Å². The van der Waals surface area contributed by atoms with Gasteiger partial charge in [-0.3, -0.25) is 0 Å². The van der Waals surface area contributed by atoms with E-state index in [1.165, 1.54) is 37.5 Å². The lowest BCUT2D eigenvalue weighted by atomic mass is 9.64. The number of ether oxygens (including phenoxy) is 2. The molecule has 2 saturated carbocycles. The van der Waals surface area contributed by atoms with Gasteiger partial charge >= 0.3 is 5.97 Å². The molecule has 34 heavy (non-hydrogen) atoms. The van der Waals surface area contributed by atoms with Crippen LogP contribution in [0.3, 0.4) is 0 Å². The predicted octanol–water partition coefficient (Wildman–Crippen LogP) is 7.62. The number of allylic oxidation sites excluding steroid dienone is 2. The van der Waals surface area contributed by atoms with Gasteiger partial charge in [0, 0.05) is 6.07 Å². The molecule has 2 aliphatic carbocycles. The molecule has 0 radical (unpaired) electrons. The van der Waals surface area contributed by atoms with Crippen LogP contribution in [-0.2, 0) is 0 Å². The van der Waals surface area contributed by atoms with Crippen molar-refractivity contribution in [2.75, 3.05) is 6.61 Å². The SMILES string of the molecule is C=CC1CCC2CC(c3ccc(C(=O)Oc4ccc(OC/C=C/C)c(F)c4)cc3F)CCC2C1. The zero-order valence-corrected chi connectivity index (χ0v) is 19.6. The maximum Gasteiger partial charge on any atom is 0.343 e. The van der Waals surface area contributed by atoms with Crippen molar-refractivity contribution in [2.24, 2.45) is 17.8 Å². The number of halogens is 2. The van der Waals surface area contributed by atoms with Gasteiger partial charge in [0.1, 0.15) is 18.2 Å². The summed E-state index contributed by atoms with van der Waals surface area (Å²) in [6.45, 7) is 6.04. The first-order valence-electron chi connectivity index (χ1n) is 12.2. The highest BCUT2D eigenvalue weighted by Crippen LogP contribution is 2.48. The first kappa shape index (κ1) is 24.2. The van der Waals surface area contributed by atoms with Gasteiger partial charge in [-0.15, -0.1) is 6.58 Å². The summed E-state index contributed by atoms with van der Waals surface area (Å²) in [4.78, 5) is 12.5. The Morgan fingerprint density at radius 1 is 1.03 bits per heavy atom. The molecule has 4 atom stereocenters. The molecule has 4 unspecified atom stereocenters. The molecule has 0 aliphatic heterocycles. The average Bonchev–Trinajstić information content (AvgIpc) is 2.84. The van der Waals surface area contributed by atoms with Crippen LogP contribution >= 0.6 is 0 Å². The van der Waals surface area contributed by atoms with Gasteiger partial charge < -0.3 is 9.47 Å². The number of carbonyl (C=O) groups excluding carboxylic acids is 1. The number of carbonyl (C=O) groups is 1. The summed E-state index contributed by atoms with van der Waals surface area (Å²) in [6, 6.07) is 8.51. The smallest absolute Gasteiger partial charge is 0.343 e. The highest BCUT2D eigenvalue weighted by Gasteiger charge is 2.36. The summed E-state index contributed by atoms with van der Waals surface area (Å²) in [6.07, 6.45) is 12.3. The third-order valence-electron chi connectivity index (χ3n) is 7.35. The van der Waals surface area contributed by atoms with Gasteiger partial charge in [-0.2, -0.15) is 0 Å². The Balaban J connectivity index is 1.39. The Morgan fingerprint density at radius 3 is 2.56 bits per heavy atom. The van der Waals surface area contributed by atoms with E-state index in [-0.39, 0.29) is 35.4 Å².